The number of benzene rings is 1. The van der Waals surface area contributed by atoms with Crippen molar-refractivity contribution in [3.63, 3.8) is 0 Å². The van der Waals surface area contributed by atoms with E-state index in [1.165, 1.54) is 11.3 Å². The number of hydrogen-bond donors (Lipinski definition) is 0. The highest BCUT2D eigenvalue weighted by atomic mass is 16.1. The molecule has 1 aromatic carbocycles. The first-order chi connectivity index (χ1) is 8.84. The van der Waals surface area contributed by atoms with Gasteiger partial charge in [-0.2, -0.15) is 0 Å². The average molecular weight is 239 g/mol. The lowest BCUT2D eigenvalue weighted by Crippen LogP contribution is -2.05. The van der Waals surface area contributed by atoms with Gasteiger partial charge in [-0.15, -0.1) is 0 Å². The third-order valence-corrected chi connectivity index (χ3v) is 3.64. The Morgan fingerprint density at radius 3 is 2.61 bits per heavy atom. The quantitative estimate of drug-likeness (QED) is 0.736. The third-order valence-electron chi connectivity index (χ3n) is 3.64. The Labute approximate surface area is 107 Å². The van der Waals surface area contributed by atoms with Crippen LogP contribution >= 0.6 is 0 Å². The Balaban J connectivity index is 1.92. The van der Waals surface area contributed by atoms with Crippen LogP contribution in [-0.4, -0.2) is 10.4 Å². The molecule has 0 bridgehead atoms. The lowest BCUT2D eigenvalue weighted by molar-refractivity contribution is 0.0982. The predicted octanol–water partition coefficient (Wildman–Crippen LogP) is 3.45. The summed E-state index contributed by atoms with van der Waals surface area (Å²) < 4.78 is 2.23. The number of carbonyl (C=O) groups excluding carboxylic acids is 1. The molecule has 0 radical (unpaired) electrons. The first kappa shape index (κ1) is 11.3. The summed E-state index contributed by atoms with van der Waals surface area (Å²) in [6.45, 7) is 0.865. The van der Waals surface area contributed by atoms with Crippen LogP contribution in [0.5, 0.6) is 0 Å². The van der Waals surface area contributed by atoms with E-state index in [0.717, 1.165) is 31.4 Å². The summed E-state index contributed by atoms with van der Waals surface area (Å²) in [4.78, 5) is 12.0. The highest BCUT2D eigenvalue weighted by Crippen LogP contribution is 2.22. The summed E-state index contributed by atoms with van der Waals surface area (Å²) in [5.74, 6) is 0.314. The molecule has 0 spiro atoms. The molecule has 1 heterocycles. The number of carbonyl (C=O) groups is 1. The molecule has 0 saturated heterocycles. The zero-order valence-electron chi connectivity index (χ0n) is 10.4. The van der Waals surface area contributed by atoms with Crippen molar-refractivity contribution in [2.24, 2.45) is 0 Å². The Morgan fingerprint density at radius 1 is 1.00 bits per heavy atom. The molecule has 0 atom stereocenters. The number of ketones is 1. The Morgan fingerprint density at radius 2 is 1.78 bits per heavy atom. The normalized spacial score (nSPS) is 15.2. The molecule has 0 amide bonds. The van der Waals surface area contributed by atoms with E-state index >= 15 is 0 Å². The van der Waals surface area contributed by atoms with Crippen LogP contribution in [0.4, 0.5) is 0 Å². The number of Topliss-reactive ketones (excluding diaryl/α,β-unsaturated/α-hetero) is 1. The highest BCUT2D eigenvalue weighted by molar-refractivity contribution is 5.97. The Kier molecular flexibility index (Phi) is 3.01. The van der Waals surface area contributed by atoms with E-state index < -0.39 is 0 Å². The lowest BCUT2D eigenvalue weighted by atomic mass is 10.1. The molecule has 1 aliphatic rings. The molecule has 0 N–H and O–H groups in total. The zero-order chi connectivity index (χ0) is 12.4. The van der Waals surface area contributed by atoms with Crippen molar-refractivity contribution in [3.05, 3.63) is 59.4 Å². The number of rotatable bonds is 2. The molecule has 0 unspecified atom stereocenters. The second-order valence-corrected chi connectivity index (χ2v) is 4.92. The van der Waals surface area contributed by atoms with Crippen LogP contribution in [0.2, 0.25) is 0 Å². The fourth-order valence-corrected chi connectivity index (χ4v) is 2.68. The van der Waals surface area contributed by atoms with Crippen LogP contribution in [0.1, 0.15) is 40.9 Å². The Bertz CT molecular complexity index is 554. The van der Waals surface area contributed by atoms with E-state index in [1.807, 2.05) is 12.1 Å². The van der Waals surface area contributed by atoms with Gasteiger partial charge in [-0.3, -0.25) is 4.79 Å². The minimum Gasteiger partial charge on any atom is -0.346 e. The first-order valence-corrected chi connectivity index (χ1v) is 6.60. The van der Waals surface area contributed by atoms with Gasteiger partial charge in [-0.05, 0) is 30.9 Å². The second kappa shape index (κ2) is 4.81. The predicted molar refractivity (Wildman–Crippen MR) is 71.9 cm³/mol. The van der Waals surface area contributed by atoms with Gasteiger partial charge >= 0.3 is 0 Å². The van der Waals surface area contributed by atoms with Gasteiger partial charge in [-0.1, -0.05) is 30.3 Å². The lowest BCUT2D eigenvalue weighted by Gasteiger charge is -2.09. The van der Waals surface area contributed by atoms with Crippen LogP contribution in [0.3, 0.4) is 0 Å². The van der Waals surface area contributed by atoms with Gasteiger partial charge in [-0.25, -0.2) is 0 Å². The SMILES string of the molecule is O=C1CCCCc2c1ccn2Cc1ccccc1. The molecular formula is C16H17NO. The summed E-state index contributed by atoms with van der Waals surface area (Å²) in [6, 6.07) is 12.4. The minimum atomic E-state index is 0.314. The van der Waals surface area contributed by atoms with E-state index in [-0.39, 0.29) is 0 Å². The highest BCUT2D eigenvalue weighted by Gasteiger charge is 2.18. The van der Waals surface area contributed by atoms with E-state index in [9.17, 15) is 4.79 Å². The monoisotopic (exact) mass is 239 g/mol. The summed E-state index contributed by atoms with van der Waals surface area (Å²) >= 11 is 0. The summed E-state index contributed by atoms with van der Waals surface area (Å²) in [5, 5.41) is 0. The van der Waals surface area contributed by atoms with E-state index in [1.54, 1.807) is 0 Å². The number of nitrogens with zero attached hydrogens (tertiary/aromatic N) is 1. The molecule has 2 nitrogen and oxygen atoms in total. The number of fused-ring (bicyclic) bond motifs is 1. The van der Waals surface area contributed by atoms with Crippen LogP contribution in [-0.2, 0) is 13.0 Å². The van der Waals surface area contributed by atoms with Gasteiger partial charge in [0.05, 0.1) is 0 Å². The number of aromatic nitrogens is 1. The van der Waals surface area contributed by atoms with Gasteiger partial charge in [0.15, 0.2) is 5.78 Å². The van der Waals surface area contributed by atoms with Gasteiger partial charge < -0.3 is 4.57 Å². The fraction of sp³-hybridized carbons (Fsp3) is 0.312. The molecule has 2 heteroatoms. The molecule has 0 aliphatic heterocycles. The van der Waals surface area contributed by atoms with Gasteiger partial charge in [0.25, 0.3) is 0 Å². The summed E-state index contributed by atoms with van der Waals surface area (Å²) in [7, 11) is 0. The first-order valence-electron chi connectivity index (χ1n) is 6.60. The van der Waals surface area contributed by atoms with Gasteiger partial charge in [0, 0.05) is 30.4 Å². The molecule has 92 valence electrons. The fourth-order valence-electron chi connectivity index (χ4n) is 2.68. The van der Waals surface area contributed by atoms with E-state index in [2.05, 4.69) is 35.0 Å². The molecule has 1 aromatic heterocycles. The topological polar surface area (TPSA) is 22.0 Å². The van der Waals surface area contributed by atoms with Crippen molar-refractivity contribution in [1.82, 2.24) is 4.57 Å². The molecule has 1 aliphatic carbocycles. The average Bonchev–Trinajstić information content (AvgIpc) is 2.69. The standard InChI is InChI=1S/C16H17NO/c18-16-9-5-4-8-15-14(16)10-11-17(15)12-13-6-2-1-3-7-13/h1-3,6-7,10-11H,4-5,8-9,12H2. The van der Waals surface area contributed by atoms with Crippen molar-refractivity contribution in [1.29, 1.82) is 0 Å². The van der Waals surface area contributed by atoms with Crippen LogP contribution in [0.15, 0.2) is 42.6 Å². The van der Waals surface area contributed by atoms with Crippen LogP contribution in [0, 0.1) is 0 Å². The molecule has 18 heavy (non-hydrogen) atoms. The van der Waals surface area contributed by atoms with Crippen LogP contribution < -0.4 is 0 Å². The number of hydrogen-bond acceptors (Lipinski definition) is 1. The molecule has 0 saturated carbocycles. The molecule has 0 fully saturated rings. The van der Waals surface area contributed by atoms with Crippen LogP contribution in [0.25, 0.3) is 0 Å². The summed E-state index contributed by atoms with van der Waals surface area (Å²) in [5.41, 5.74) is 3.46. The maximum absolute atomic E-state index is 12.0. The smallest absolute Gasteiger partial charge is 0.164 e. The zero-order valence-corrected chi connectivity index (χ0v) is 10.4. The minimum absolute atomic E-state index is 0.314. The molecular weight excluding hydrogens is 222 g/mol. The third kappa shape index (κ3) is 2.10. The van der Waals surface area contributed by atoms with Gasteiger partial charge in [0.2, 0.25) is 0 Å². The Hall–Kier alpha value is -1.83. The summed E-state index contributed by atoms with van der Waals surface area (Å²) in [6.07, 6.45) is 5.94. The van der Waals surface area contributed by atoms with Crippen molar-refractivity contribution in [3.8, 4) is 0 Å². The van der Waals surface area contributed by atoms with Crippen molar-refractivity contribution in [2.45, 2.75) is 32.2 Å². The van der Waals surface area contributed by atoms with E-state index in [0.29, 0.717) is 12.2 Å². The molecule has 2 aromatic rings. The maximum atomic E-state index is 12.0. The second-order valence-electron chi connectivity index (χ2n) is 4.92. The largest absolute Gasteiger partial charge is 0.346 e. The maximum Gasteiger partial charge on any atom is 0.164 e. The molecule has 3 rings (SSSR count). The van der Waals surface area contributed by atoms with Gasteiger partial charge in [0.1, 0.15) is 0 Å². The van der Waals surface area contributed by atoms with Crippen molar-refractivity contribution >= 4 is 5.78 Å². The van der Waals surface area contributed by atoms with Crippen molar-refractivity contribution in [2.75, 3.05) is 0 Å². The van der Waals surface area contributed by atoms with Crippen molar-refractivity contribution < 1.29 is 4.79 Å². The van der Waals surface area contributed by atoms with E-state index in [4.69, 9.17) is 0 Å².